The number of nitrogens with two attached hydrogens (primary N) is 1. The Labute approximate surface area is 126 Å². The summed E-state index contributed by atoms with van der Waals surface area (Å²) in [5.41, 5.74) is 5.95. The summed E-state index contributed by atoms with van der Waals surface area (Å²) in [5.74, 6) is -0.572. The number of rotatable bonds is 5. The number of amides is 1. The lowest BCUT2D eigenvalue weighted by Gasteiger charge is -2.05. The Bertz CT molecular complexity index is 603. The average molecular weight is 319 g/mol. The van der Waals surface area contributed by atoms with Crippen molar-refractivity contribution in [3.05, 3.63) is 34.5 Å². The van der Waals surface area contributed by atoms with E-state index in [1.54, 1.807) is 12.1 Å². The fourth-order valence-electron chi connectivity index (χ4n) is 1.90. The van der Waals surface area contributed by atoms with Gasteiger partial charge in [0.05, 0.1) is 11.5 Å². The van der Waals surface area contributed by atoms with E-state index in [9.17, 15) is 9.18 Å². The third kappa shape index (κ3) is 3.27. The number of nitrogens with one attached hydrogen (secondary N) is 1. The van der Waals surface area contributed by atoms with E-state index in [-0.39, 0.29) is 30.7 Å². The van der Waals surface area contributed by atoms with Crippen LogP contribution in [0.2, 0.25) is 0 Å². The van der Waals surface area contributed by atoms with Crippen molar-refractivity contribution in [3.8, 4) is 0 Å². The molecule has 1 amide bonds. The molecule has 3 N–H and O–H groups in total. The van der Waals surface area contributed by atoms with Crippen LogP contribution in [0.5, 0.6) is 0 Å². The lowest BCUT2D eigenvalue weighted by molar-refractivity contribution is 0.0954. The molecular weight excluding hydrogens is 303 g/mol. The molecule has 0 unspecified atom stereocenters. The maximum atomic E-state index is 13.9. The Morgan fingerprint density at radius 2 is 2.25 bits per heavy atom. The molecule has 110 valence electrons. The van der Waals surface area contributed by atoms with Crippen molar-refractivity contribution in [1.29, 1.82) is 0 Å². The Hall–Kier alpha value is -1.21. The lowest BCUT2D eigenvalue weighted by Crippen LogP contribution is -2.29. The summed E-state index contributed by atoms with van der Waals surface area (Å²) >= 11 is 1.26. The van der Waals surface area contributed by atoms with Gasteiger partial charge in [0.1, 0.15) is 5.82 Å². The second-order valence-electron chi connectivity index (χ2n) is 4.00. The van der Waals surface area contributed by atoms with Crippen molar-refractivity contribution in [2.24, 2.45) is 5.73 Å². The van der Waals surface area contributed by atoms with Gasteiger partial charge in [0.15, 0.2) is 0 Å². The fourth-order valence-corrected chi connectivity index (χ4v) is 3.04. The molecule has 1 aromatic carbocycles. The number of halogens is 2. The average Bonchev–Trinajstić information content (AvgIpc) is 2.77. The maximum Gasteiger partial charge on any atom is 0.261 e. The second kappa shape index (κ2) is 7.54. The van der Waals surface area contributed by atoms with Gasteiger partial charge in [0.25, 0.3) is 5.91 Å². The molecule has 20 heavy (non-hydrogen) atoms. The molecule has 0 bridgehead atoms. The Kier molecular flexibility index (Phi) is 6.35. The summed E-state index contributed by atoms with van der Waals surface area (Å²) in [5, 5.41) is 3.16. The van der Waals surface area contributed by atoms with E-state index in [2.05, 4.69) is 5.32 Å². The Morgan fingerprint density at radius 3 is 2.90 bits per heavy atom. The van der Waals surface area contributed by atoms with E-state index in [0.29, 0.717) is 28.9 Å². The van der Waals surface area contributed by atoms with Crippen LogP contribution in [-0.2, 0) is 11.3 Å². The van der Waals surface area contributed by atoms with Crippen LogP contribution in [-0.4, -0.2) is 26.1 Å². The maximum absolute atomic E-state index is 13.9. The summed E-state index contributed by atoms with van der Waals surface area (Å²) in [6.07, 6.45) is 0. The molecule has 0 aliphatic carbocycles. The molecule has 0 spiro atoms. The second-order valence-corrected chi connectivity index (χ2v) is 5.05. The molecule has 2 aromatic rings. The van der Waals surface area contributed by atoms with Crippen LogP contribution in [0.4, 0.5) is 4.39 Å². The highest BCUT2D eigenvalue weighted by Gasteiger charge is 2.20. The first-order valence-corrected chi connectivity index (χ1v) is 6.67. The van der Waals surface area contributed by atoms with Gasteiger partial charge < -0.3 is 15.8 Å². The molecule has 0 aliphatic heterocycles. The molecule has 0 atom stereocenters. The number of ether oxygens (including phenoxy) is 1. The van der Waals surface area contributed by atoms with Gasteiger partial charge >= 0.3 is 0 Å². The minimum Gasteiger partial charge on any atom is -0.380 e. The predicted octanol–water partition coefficient (Wildman–Crippen LogP) is 2.30. The van der Waals surface area contributed by atoms with Crippen LogP contribution in [0, 0.1) is 5.82 Å². The third-order valence-electron chi connectivity index (χ3n) is 2.69. The van der Waals surface area contributed by atoms with E-state index in [1.165, 1.54) is 24.5 Å². The fraction of sp³-hybridized carbons (Fsp3) is 0.308. The molecule has 2 rings (SSSR count). The van der Waals surface area contributed by atoms with Crippen molar-refractivity contribution in [1.82, 2.24) is 5.32 Å². The summed E-state index contributed by atoms with van der Waals surface area (Å²) in [4.78, 5) is 12.5. The normalized spacial score (nSPS) is 10.3. The van der Waals surface area contributed by atoms with E-state index in [1.807, 2.05) is 0 Å². The number of methoxy groups -OCH3 is 1. The van der Waals surface area contributed by atoms with Crippen molar-refractivity contribution in [3.63, 3.8) is 0 Å². The first-order chi connectivity index (χ1) is 9.19. The molecule has 1 heterocycles. The van der Waals surface area contributed by atoms with Gasteiger partial charge in [-0.1, -0.05) is 6.07 Å². The van der Waals surface area contributed by atoms with Crippen LogP contribution in [0.1, 0.15) is 15.2 Å². The zero-order chi connectivity index (χ0) is 13.8. The molecule has 0 saturated heterocycles. The Balaban J connectivity index is 0.00000200. The number of fused-ring (bicyclic) bond motifs is 1. The van der Waals surface area contributed by atoms with Crippen molar-refractivity contribution in [2.45, 2.75) is 6.61 Å². The summed E-state index contributed by atoms with van der Waals surface area (Å²) in [7, 11) is 1.52. The van der Waals surface area contributed by atoms with Crippen molar-refractivity contribution >= 4 is 39.7 Å². The van der Waals surface area contributed by atoms with Gasteiger partial charge in [-0.2, -0.15) is 0 Å². The molecule has 0 radical (unpaired) electrons. The van der Waals surface area contributed by atoms with Crippen LogP contribution in [0.15, 0.2) is 18.2 Å². The summed E-state index contributed by atoms with van der Waals surface area (Å²) < 4.78 is 19.7. The number of carbonyl (C=O) groups excluding carboxylic acids is 1. The van der Waals surface area contributed by atoms with Gasteiger partial charge in [-0.15, -0.1) is 23.7 Å². The summed E-state index contributed by atoms with van der Waals surface area (Å²) in [6, 6.07) is 4.81. The molecule has 0 saturated carbocycles. The number of hydrogen-bond acceptors (Lipinski definition) is 4. The number of thiophene rings is 1. The first kappa shape index (κ1) is 16.8. The molecule has 0 aliphatic rings. The molecular formula is C13H16ClFN2O2S. The zero-order valence-electron chi connectivity index (χ0n) is 10.9. The minimum absolute atomic E-state index is 0. The SMILES string of the molecule is COCc1c(C(=O)NCCN)sc2cccc(F)c12.Cl. The highest BCUT2D eigenvalue weighted by Crippen LogP contribution is 2.33. The van der Waals surface area contributed by atoms with Crippen LogP contribution in [0.3, 0.4) is 0 Å². The predicted molar refractivity (Wildman–Crippen MR) is 81.1 cm³/mol. The van der Waals surface area contributed by atoms with Crippen molar-refractivity contribution in [2.75, 3.05) is 20.2 Å². The van der Waals surface area contributed by atoms with Crippen LogP contribution < -0.4 is 11.1 Å². The smallest absolute Gasteiger partial charge is 0.261 e. The van der Waals surface area contributed by atoms with E-state index in [4.69, 9.17) is 10.5 Å². The van der Waals surface area contributed by atoms with Crippen molar-refractivity contribution < 1.29 is 13.9 Å². The largest absolute Gasteiger partial charge is 0.380 e. The minimum atomic E-state index is -0.335. The summed E-state index contributed by atoms with van der Waals surface area (Å²) in [6.45, 7) is 0.957. The van der Waals surface area contributed by atoms with E-state index in [0.717, 1.165) is 4.70 Å². The highest BCUT2D eigenvalue weighted by atomic mass is 35.5. The highest BCUT2D eigenvalue weighted by molar-refractivity contribution is 7.21. The quantitative estimate of drug-likeness (QED) is 0.889. The topological polar surface area (TPSA) is 64.3 Å². The number of carbonyl (C=O) groups is 1. The Morgan fingerprint density at radius 1 is 1.50 bits per heavy atom. The zero-order valence-corrected chi connectivity index (χ0v) is 12.6. The third-order valence-corrected chi connectivity index (χ3v) is 3.88. The monoisotopic (exact) mass is 318 g/mol. The molecule has 1 aromatic heterocycles. The van der Waals surface area contributed by atoms with Crippen LogP contribution in [0.25, 0.3) is 10.1 Å². The van der Waals surface area contributed by atoms with Gasteiger partial charge in [-0.3, -0.25) is 4.79 Å². The molecule has 7 heteroatoms. The number of hydrogen-bond donors (Lipinski definition) is 2. The molecule has 4 nitrogen and oxygen atoms in total. The lowest BCUT2D eigenvalue weighted by atomic mass is 10.1. The number of benzene rings is 1. The van der Waals surface area contributed by atoms with E-state index >= 15 is 0 Å². The molecule has 0 fully saturated rings. The van der Waals surface area contributed by atoms with E-state index < -0.39 is 0 Å². The van der Waals surface area contributed by atoms with Gasteiger partial charge in [0.2, 0.25) is 0 Å². The van der Waals surface area contributed by atoms with Gasteiger partial charge in [-0.25, -0.2) is 4.39 Å². The van der Waals surface area contributed by atoms with Crippen LogP contribution >= 0.6 is 23.7 Å². The van der Waals surface area contributed by atoms with Gasteiger partial charge in [-0.05, 0) is 12.1 Å². The first-order valence-electron chi connectivity index (χ1n) is 5.86. The standard InChI is InChI=1S/C13H15FN2O2S.ClH/c1-18-7-8-11-9(14)3-2-4-10(11)19-12(8)13(17)16-6-5-15;/h2-4H,5-7,15H2,1H3,(H,16,17);1H. The van der Waals surface area contributed by atoms with Gasteiger partial charge in [0, 0.05) is 35.8 Å².